The number of rotatable bonds is 3. The monoisotopic (exact) mass is 263 g/mol. The number of hydrogen-bond acceptors (Lipinski definition) is 1. The number of ether oxygens (including phenoxy) is 1. The standard InChI is InChI=1S/C10H10BrF2O/c1-6(2)8-5-7(11)3-4-9(8)14-10(12)13/h3-6,10H,1H2,2H3. The summed E-state index contributed by atoms with van der Waals surface area (Å²) in [6.45, 7) is 2.79. The van der Waals surface area contributed by atoms with E-state index >= 15 is 0 Å². The molecular formula is C10H10BrF2O. The van der Waals surface area contributed by atoms with Crippen LogP contribution in [0.4, 0.5) is 8.78 Å². The Labute approximate surface area is 90.2 Å². The van der Waals surface area contributed by atoms with Gasteiger partial charge in [-0.3, -0.25) is 0 Å². The highest BCUT2D eigenvalue weighted by Gasteiger charge is 2.12. The molecule has 1 nitrogen and oxygen atoms in total. The molecule has 1 aromatic rings. The fourth-order valence-electron chi connectivity index (χ4n) is 1.11. The molecule has 0 aliphatic carbocycles. The topological polar surface area (TPSA) is 9.23 Å². The van der Waals surface area contributed by atoms with Gasteiger partial charge in [-0.25, -0.2) is 0 Å². The molecule has 1 radical (unpaired) electrons. The summed E-state index contributed by atoms with van der Waals surface area (Å²) in [5, 5.41) is 0. The molecule has 4 heteroatoms. The van der Waals surface area contributed by atoms with Gasteiger partial charge in [0.1, 0.15) is 5.75 Å². The van der Waals surface area contributed by atoms with E-state index < -0.39 is 6.61 Å². The molecule has 1 unspecified atom stereocenters. The summed E-state index contributed by atoms with van der Waals surface area (Å²) in [5.74, 6) is 0.0898. The van der Waals surface area contributed by atoms with Crippen molar-refractivity contribution in [2.75, 3.05) is 0 Å². The number of benzene rings is 1. The second-order valence-electron chi connectivity index (χ2n) is 2.96. The van der Waals surface area contributed by atoms with Crippen molar-refractivity contribution in [1.29, 1.82) is 0 Å². The predicted octanol–water partition coefficient (Wildman–Crippen LogP) is 3.99. The smallest absolute Gasteiger partial charge is 0.387 e. The summed E-state index contributed by atoms with van der Waals surface area (Å²) in [7, 11) is 0. The van der Waals surface area contributed by atoms with Gasteiger partial charge in [-0.05, 0) is 36.6 Å². The second-order valence-corrected chi connectivity index (χ2v) is 3.88. The molecule has 0 aliphatic heterocycles. The molecule has 0 N–H and O–H groups in total. The first-order valence-electron chi connectivity index (χ1n) is 4.08. The predicted molar refractivity (Wildman–Crippen MR) is 54.5 cm³/mol. The SMILES string of the molecule is [CH2]C(C)c1cc(Br)ccc1OC(F)F. The lowest BCUT2D eigenvalue weighted by molar-refractivity contribution is -0.0505. The lowest BCUT2D eigenvalue weighted by Crippen LogP contribution is -2.05. The van der Waals surface area contributed by atoms with E-state index in [1.807, 2.05) is 6.92 Å². The van der Waals surface area contributed by atoms with Crippen LogP contribution in [0.3, 0.4) is 0 Å². The van der Waals surface area contributed by atoms with Crippen LogP contribution in [0.1, 0.15) is 18.4 Å². The molecule has 0 amide bonds. The van der Waals surface area contributed by atoms with E-state index in [1.54, 1.807) is 12.1 Å². The Morgan fingerprint density at radius 2 is 2.07 bits per heavy atom. The maximum absolute atomic E-state index is 12.0. The Balaban J connectivity index is 3.02. The minimum atomic E-state index is -2.80. The Bertz CT molecular complexity index is 313. The van der Waals surface area contributed by atoms with Crippen LogP contribution >= 0.6 is 15.9 Å². The zero-order valence-electron chi connectivity index (χ0n) is 7.64. The molecule has 0 bridgehead atoms. The van der Waals surface area contributed by atoms with E-state index in [4.69, 9.17) is 0 Å². The third-order valence-electron chi connectivity index (χ3n) is 1.72. The third-order valence-corrected chi connectivity index (χ3v) is 2.21. The molecule has 0 fully saturated rings. The number of hydrogen-bond donors (Lipinski definition) is 0. The van der Waals surface area contributed by atoms with E-state index in [0.717, 1.165) is 4.47 Å². The van der Waals surface area contributed by atoms with Crippen LogP contribution in [-0.4, -0.2) is 6.61 Å². The van der Waals surface area contributed by atoms with Crippen LogP contribution in [0.5, 0.6) is 5.75 Å². The molecule has 0 aromatic heterocycles. The van der Waals surface area contributed by atoms with Crippen LogP contribution < -0.4 is 4.74 Å². The van der Waals surface area contributed by atoms with Gasteiger partial charge in [0, 0.05) is 4.47 Å². The van der Waals surface area contributed by atoms with Crippen molar-refractivity contribution in [3.05, 3.63) is 35.2 Å². The van der Waals surface area contributed by atoms with E-state index in [9.17, 15) is 8.78 Å². The van der Waals surface area contributed by atoms with Gasteiger partial charge >= 0.3 is 6.61 Å². The first kappa shape index (κ1) is 11.4. The van der Waals surface area contributed by atoms with Crippen LogP contribution in [0.25, 0.3) is 0 Å². The maximum Gasteiger partial charge on any atom is 0.387 e. The fourth-order valence-corrected chi connectivity index (χ4v) is 1.49. The molecular weight excluding hydrogens is 254 g/mol. The van der Waals surface area contributed by atoms with Crippen LogP contribution in [0, 0.1) is 6.92 Å². The summed E-state index contributed by atoms with van der Waals surface area (Å²) >= 11 is 3.26. The fraction of sp³-hybridized carbons (Fsp3) is 0.300. The van der Waals surface area contributed by atoms with Gasteiger partial charge in [-0.15, -0.1) is 0 Å². The summed E-state index contributed by atoms with van der Waals surface area (Å²) in [6, 6.07) is 4.90. The molecule has 0 saturated heterocycles. The summed E-state index contributed by atoms with van der Waals surface area (Å²) < 4.78 is 29.2. The van der Waals surface area contributed by atoms with Gasteiger partial charge < -0.3 is 4.74 Å². The summed E-state index contributed by atoms with van der Waals surface area (Å²) in [5.41, 5.74) is 0.666. The van der Waals surface area contributed by atoms with E-state index in [2.05, 4.69) is 27.6 Å². The van der Waals surface area contributed by atoms with Crippen molar-refractivity contribution >= 4 is 15.9 Å². The average molecular weight is 264 g/mol. The zero-order valence-corrected chi connectivity index (χ0v) is 9.22. The van der Waals surface area contributed by atoms with Gasteiger partial charge in [-0.2, -0.15) is 8.78 Å². The molecule has 1 aromatic carbocycles. The highest BCUT2D eigenvalue weighted by atomic mass is 79.9. The molecule has 77 valence electrons. The van der Waals surface area contributed by atoms with Crippen LogP contribution in [-0.2, 0) is 0 Å². The van der Waals surface area contributed by atoms with Crippen molar-refractivity contribution in [2.24, 2.45) is 0 Å². The normalized spacial score (nSPS) is 11.1. The lowest BCUT2D eigenvalue weighted by atomic mass is 10.0. The van der Waals surface area contributed by atoms with Crippen LogP contribution in [0.15, 0.2) is 22.7 Å². The highest BCUT2D eigenvalue weighted by molar-refractivity contribution is 9.10. The van der Waals surface area contributed by atoms with Gasteiger partial charge in [0.2, 0.25) is 0 Å². The molecule has 0 saturated carbocycles. The first-order chi connectivity index (χ1) is 6.50. The van der Waals surface area contributed by atoms with E-state index in [1.165, 1.54) is 6.07 Å². The molecule has 1 rings (SSSR count). The van der Waals surface area contributed by atoms with Crippen molar-refractivity contribution in [3.8, 4) is 5.75 Å². The minimum absolute atomic E-state index is 0.0961. The van der Waals surface area contributed by atoms with Gasteiger partial charge in [0.05, 0.1) is 0 Å². The molecule has 0 aliphatic rings. The van der Waals surface area contributed by atoms with Crippen molar-refractivity contribution in [1.82, 2.24) is 0 Å². The van der Waals surface area contributed by atoms with Crippen molar-refractivity contribution in [3.63, 3.8) is 0 Å². The lowest BCUT2D eigenvalue weighted by Gasteiger charge is -2.13. The maximum atomic E-state index is 12.0. The molecule has 0 spiro atoms. The molecule has 0 heterocycles. The van der Waals surface area contributed by atoms with E-state index in [0.29, 0.717) is 5.56 Å². The molecule has 1 atom stereocenters. The largest absolute Gasteiger partial charge is 0.435 e. The highest BCUT2D eigenvalue weighted by Crippen LogP contribution is 2.30. The van der Waals surface area contributed by atoms with Gasteiger partial charge in [0.25, 0.3) is 0 Å². The number of halogens is 3. The Kier molecular flexibility index (Phi) is 3.86. The Morgan fingerprint density at radius 1 is 1.43 bits per heavy atom. The summed E-state index contributed by atoms with van der Waals surface area (Å²) in [6.07, 6.45) is 0. The van der Waals surface area contributed by atoms with Crippen molar-refractivity contribution < 1.29 is 13.5 Å². The Morgan fingerprint density at radius 3 is 2.57 bits per heavy atom. The zero-order chi connectivity index (χ0) is 10.7. The average Bonchev–Trinajstić information content (AvgIpc) is 2.07. The summed E-state index contributed by atoms with van der Waals surface area (Å²) in [4.78, 5) is 0. The molecule has 14 heavy (non-hydrogen) atoms. The quantitative estimate of drug-likeness (QED) is 0.802. The van der Waals surface area contributed by atoms with Gasteiger partial charge in [0.15, 0.2) is 0 Å². The first-order valence-corrected chi connectivity index (χ1v) is 4.87. The number of alkyl halides is 2. The van der Waals surface area contributed by atoms with Crippen molar-refractivity contribution in [2.45, 2.75) is 19.5 Å². The van der Waals surface area contributed by atoms with Crippen LogP contribution in [0.2, 0.25) is 0 Å². The minimum Gasteiger partial charge on any atom is -0.435 e. The Hall–Kier alpha value is -0.640. The second kappa shape index (κ2) is 4.73. The van der Waals surface area contributed by atoms with Gasteiger partial charge in [-0.1, -0.05) is 22.9 Å². The third kappa shape index (κ3) is 2.94. The van der Waals surface area contributed by atoms with E-state index in [-0.39, 0.29) is 11.7 Å².